The summed E-state index contributed by atoms with van der Waals surface area (Å²) in [6, 6.07) is 5.65. The van der Waals surface area contributed by atoms with Gasteiger partial charge in [0.25, 0.3) is 0 Å². The smallest absolute Gasteiger partial charge is 0.351 e. The molecule has 1 aromatic heterocycles. The van der Waals surface area contributed by atoms with Crippen LogP contribution in [-0.4, -0.2) is 22.1 Å². The van der Waals surface area contributed by atoms with Crippen LogP contribution in [0.4, 0.5) is 20.4 Å². The molecule has 2 aliphatic rings. The first-order chi connectivity index (χ1) is 11.1. The maximum atomic E-state index is 13.7. The Balaban J connectivity index is 1.57. The van der Waals surface area contributed by atoms with E-state index < -0.39 is 11.6 Å². The summed E-state index contributed by atoms with van der Waals surface area (Å²) in [5.41, 5.74) is 0.0341. The van der Waals surface area contributed by atoms with Crippen LogP contribution in [0.2, 0.25) is 0 Å². The Morgan fingerprint density at radius 1 is 1.30 bits per heavy atom. The molecule has 0 bridgehead atoms. The van der Waals surface area contributed by atoms with Crippen LogP contribution in [-0.2, 0) is 13.1 Å². The SMILES string of the molecule is O=c1nc(NCc2ccc(F)cc2F)cc2n1C[C@@H]1CCCN21. The molecule has 3 heterocycles. The number of benzene rings is 1. The Kier molecular flexibility index (Phi) is 3.28. The van der Waals surface area contributed by atoms with E-state index in [0.29, 0.717) is 24.0 Å². The highest BCUT2D eigenvalue weighted by Gasteiger charge is 2.34. The number of halogens is 2. The molecule has 0 saturated carbocycles. The van der Waals surface area contributed by atoms with E-state index in [1.54, 1.807) is 4.57 Å². The van der Waals surface area contributed by atoms with Gasteiger partial charge in [-0.3, -0.25) is 4.57 Å². The van der Waals surface area contributed by atoms with Crippen molar-refractivity contribution < 1.29 is 8.78 Å². The molecule has 1 aromatic carbocycles. The zero-order valence-corrected chi connectivity index (χ0v) is 12.4. The fraction of sp³-hybridized carbons (Fsp3) is 0.375. The molecule has 0 amide bonds. The monoisotopic (exact) mass is 318 g/mol. The van der Waals surface area contributed by atoms with E-state index in [9.17, 15) is 13.6 Å². The second kappa shape index (κ2) is 5.33. The fourth-order valence-corrected chi connectivity index (χ4v) is 3.38. The molecule has 2 aliphatic heterocycles. The second-order valence-corrected chi connectivity index (χ2v) is 5.97. The standard InChI is InChI=1S/C16H16F2N4O/c17-11-4-3-10(13(18)6-11)8-19-14-7-15-21-5-1-2-12(21)9-22(15)16(23)20-14/h3-4,6-7,12H,1-2,5,8-9H2,(H,19,20,23)/t12-/m0/s1. The Bertz CT molecular complexity index is 820. The summed E-state index contributed by atoms with van der Waals surface area (Å²) in [4.78, 5) is 18.4. The van der Waals surface area contributed by atoms with Crippen molar-refractivity contribution in [2.45, 2.75) is 32.0 Å². The van der Waals surface area contributed by atoms with Crippen LogP contribution in [0.15, 0.2) is 29.1 Å². The topological polar surface area (TPSA) is 50.2 Å². The van der Waals surface area contributed by atoms with Gasteiger partial charge in [-0.15, -0.1) is 0 Å². The zero-order valence-electron chi connectivity index (χ0n) is 12.4. The molecule has 1 N–H and O–H groups in total. The lowest BCUT2D eigenvalue weighted by Crippen LogP contribution is -2.24. The summed E-state index contributed by atoms with van der Waals surface area (Å²) < 4.78 is 28.3. The maximum Gasteiger partial charge on any atom is 0.351 e. The highest BCUT2D eigenvalue weighted by molar-refractivity contribution is 5.53. The van der Waals surface area contributed by atoms with Crippen LogP contribution in [0, 0.1) is 11.6 Å². The lowest BCUT2D eigenvalue weighted by Gasteiger charge is -2.17. The molecule has 1 fully saturated rings. The van der Waals surface area contributed by atoms with Gasteiger partial charge in [0.2, 0.25) is 0 Å². The first-order valence-electron chi connectivity index (χ1n) is 7.68. The van der Waals surface area contributed by atoms with Gasteiger partial charge in [-0.1, -0.05) is 6.07 Å². The Labute approximate surface area is 131 Å². The molecule has 0 aliphatic carbocycles. The summed E-state index contributed by atoms with van der Waals surface area (Å²) in [6.07, 6.45) is 2.22. The van der Waals surface area contributed by atoms with Gasteiger partial charge in [-0.25, -0.2) is 13.6 Å². The molecule has 4 rings (SSSR count). The Morgan fingerprint density at radius 2 is 2.17 bits per heavy atom. The van der Waals surface area contributed by atoms with Crippen LogP contribution in [0.5, 0.6) is 0 Å². The molecule has 0 unspecified atom stereocenters. The van der Waals surface area contributed by atoms with Crippen molar-refractivity contribution in [3.05, 3.63) is 51.9 Å². The van der Waals surface area contributed by atoms with Crippen LogP contribution < -0.4 is 15.9 Å². The number of aromatic nitrogens is 2. The zero-order chi connectivity index (χ0) is 16.0. The van der Waals surface area contributed by atoms with Crippen molar-refractivity contribution in [1.29, 1.82) is 0 Å². The van der Waals surface area contributed by atoms with Crippen molar-refractivity contribution >= 4 is 11.6 Å². The molecule has 1 atom stereocenters. The first-order valence-corrected chi connectivity index (χ1v) is 7.68. The number of anilines is 2. The number of rotatable bonds is 3. The van der Waals surface area contributed by atoms with Crippen molar-refractivity contribution in [2.75, 3.05) is 16.8 Å². The van der Waals surface area contributed by atoms with E-state index in [0.717, 1.165) is 31.3 Å². The third-order valence-electron chi connectivity index (χ3n) is 4.53. The predicted octanol–water partition coefficient (Wildman–Crippen LogP) is 2.12. The molecular weight excluding hydrogens is 302 g/mol. The average Bonchev–Trinajstić information content (AvgIpc) is 3.08. The molecule has 120 valence electrons. The summed E-state index contributed by atoms with van der Waals surface area (Å²) in [5, 5.41) is 2.96. The molecular formula is C16H16F2N4O. The minimum absolute atomic E-state index is 0.144. The number of hydrogen-bond acceptors (Lipinski definition) is 4. The highest BCUT2D eigenvalue weighted by Crippen LogP contribution is 2.32. The van der Waals surface area contributed by atoms with Crippen LogP contribution in [0.1, 0.15) is 18.4 Å². The van der Waals surface area contributed by atoms with Gasteiger partial charge in [-0.05, 0) is 18.9 Å². The molecule has 1 saturated heterocycles. The molecule has 5 nitrogen and oxygen atoms in total. The van der Waals surface area contributed by atoms with E-state index in [-0.39, 0.29) is 12.2 Å². The van der Waals surface area contributed by atoms with Crippen molar-refractivity contribution in [3.8, 4) is 0 Å². The summed E-state index contributed by atoms with van der Waals surface area (Å²) in [7, 11) is 0. The van der Waals surface area contributed by atoms with E-state index in [4.69, 9.17) is 0 Å². The van der Waals surface area contributed by atoms with Crippen LogP contribution in [0.3, 0.4) is 0 Å². The highest BCUT2D eigenvalue weighted by atomic mass is 19.1. The lowest BCUT2D eigenvalue weighted by molar-refractivity contribution is 0.574. The maximum absolute atomic E-state index is 13.7. The molecule has 2 aromatic rings. The predicted molar refractivity (Wildman–Crippen MR) is 82.5 cm³/mol. The molecule has 23 heavy (non-hydrogen) atoms. The molecule has 0 radical (unpaired) electrons. The van der Waals surface area contributed by atoms with Gasteiger partial charge < -0.3 is 10.2 Å². The van der Waals surface area contributed by atoms with Crippen molar-refractivity contribution in [1.82, 2.24) is 9.55 Å². The minimum atomic E-state index is -0.616. The Hall–Kier alpha value is -2.44. The Morgan fingerprint density at radius 3 is 3.00 bits per heavy atom. The van der Waals surface area contributed by atoms with E-state index in [1.807, 2.05) is 6.07 Å². The minimum Gasteiger partial charge on any atom is -0.366 e. The van der Waals surface area contributed by atoms with E-state index in [2.05, 4.69) is 15.2 Å². The van der Waals surface area contributed by atoms with Crippen molar-refractivity contribution in [2.24, 2.45) is 0 Å². The van der Waals surface area contributed by atoms with E-state index in [1.165, 1.54) is 12.1 Å². The number of fused-ring (bicyclic) bond motifs is 3. The third-order valence-corrected chi connectivity index (χ3v) is 4.53. The third kappa shape index (κ3) is 2.46. The van der Waals surface area contributed by atoms with Crippen LogP contribution in [0.25, 0.3) is 0 Å². The summed E-state index contributed by atoms with van der Waals surface area (Å²) in [5.74, 6) is 0.0577. The van der Waals surface area contributed by atoms with Gasteiger partial charge in [-0.2, -0.15) is 4.98 Å². The average molecular weight is 318 g/mol. The summed E-state index contributed by atoms with van der Waals surface area (Å²) >= 11 is 0. The molecule has 7 heteroatoms. The number of nitrogens with one attached hydrogen (secondary N) is 1. The van der Waals surface area contributed by atoms with Gasteiger partial charge >= 0.3 is 5.69 Å². The number of nitrogens with zero attached hydrogens (tertiary/aromatic N) is 3. The van der Waals surface area contributed by atoms with Crippen LogP contribution >= 0.6 is 0 Å². The lowest BCUT2D eigenvalue weighted by atomic mass is 10.2. The quantitative estimate of drug-likeness (QED) is 0.942. The van der Waals surface area contributed by atoms with Crippen molar-refractivity contribution in [3.63, 3.8) is 0 Å². The first kappa shape index (κ1) is 14.2. The summed E-state index contributed by atoms with van der Waals surface area (Å²) in [6.45, 7) is 1.78. The largest absolute Gasteiger partial charge is 0.366 e. The second-order valence-electron chi connectivity index (χ2n) is 5.97. The van der Waals surface area contributed by atoms with Gasteiger partial charge in [0, 0.05) is 43.4 Å². The van der Waals surface area contributed by atoms with Gasteiger partial charge in [0.05, 0.1) is 0 Å². The van der Waals surface area contributed by atoms with Gasteiger partial charge in [0.1, 0.15) is 23.3 Å². The van der Waals surface area contributed by atoms with Gasteiger partial charge in [0.15, 0.2) is 0 Å². The normalized spacial score (nSPS) is 18.9. The molecule has 0 spiro atoms. The van der Waals surface area contributed by atoms with E-state index >= 15 is 0 Å². The fourth-order valence-electron chi connectivity index (χ4n) is 3.38. The number of hydrogen-bond donors (Lipinski definition) is 1.